The van der Waals surface area contributed by atoms with Crippen LogP contribution in [0.1, 0.15) is 52.7 Å². The molecule has 0 fully saturated rings. The van der Waals surface area contributed by atoms with Gasteiger partial charge in [-0.2, -0.15) is 0 Å². The maximum Gasteiger partial charge on any atom is 0.159 e. The van der Waals surface area contributed by atoms with Gasteiger partial charge in [0.25, 0.3) is 0 Å². The highest BCUT2D eigenvalue weighted by molar-refractivity contribution is 5.86. The first-order valence-corrected chi connectivity index (χ1v) is 12.9. The van der Waals surface area contributed by atoms with Gasteiger partial charge in [0.2, 0.25) is 0 Å². The van der Waals surface area contributed by atoms with E-state index in [4.69, 9.17) is 9.97 Å². The fraction of sp³-hybridized carbons (Fsp3) is 0.235. The average Bonchev–Trinajstić information content (AvgIpc) is 2.88. The highest BCUT2D eigenvalue weighted by atomic mass is 19.2. The predicted molar refractivity (Wildman–Crippen MR) is 153 cm³/mol. The van der Waals surface area contributed by atoms with E-state index in [2.05, 4.69) is 59.7 Å². The number of hydrogen-bond acceptors (Lipinski definition) is 2. The fourth-order valence-electron chi connectivity index (χ4n) is 4.52. The summed E-state index contributed by atoms with van der Waals surface area (Å²) in [5, 5.41) is 2.10. The quantitative estimate of drug-likeness (QED) is 0.243. The molecule has 3 aromatic carbocycles. The van der Waals surface area contributed by atoms with Gasteiger partial charge in [-0.05, 0) is 74.9 Å². The van der Waals surface area contributed by atoms with Gasteiger partial charge < -0.3 is 0 Å². The van der Waals surface area contributed by atoms with Crippen molar-refractivity contribution in [3.63, 3.8) is 0 Å². The van der Waals surface area contributed by atoms with E-state index in [0.717, 1.165) is 33.7 Å². The Bertz CT molecular complexity index is 1620. The molecule has 0 bridgehead atoms. The highest BCUT2D eigenvalue weighted by Crippen LogP contribution is 2.36. The van der Waals surface area contributed by atoms with Crippen LogP contribution < -0.4 is 0 Å². The van der Waals surface area contributed by atoms with Crippen LogP contribution in [0.15, 0.2) is 85.1 Å². The standard InChI is InChI=1S/C34H32F2N2/c1-33(2,3)26-13-24(14-27(19-26)34(4,5)6)25-17-30(22-11-12-28(35)29(36)15-22)38-32(18-25)31-16-21-9-7-8-10-23(21)20-37-31/h7-20H,1-6H3. The van der Waals surface area contributed by atoms with Gasteiger partial charge in [-0.15, -0.1) is 0 Å². The molecule has 0 atom stereocenters. The summed E-state index contributed by atoms with van der Waals surface area (Å²) in [5.74, 6) is -1.78. The third-order valence-electron chi connectivity index (χ3n) is 6.93. The maximum absolute atomic E-state index is 14.2. The summed E-state index contributed by atoms with van der Waals surface area (Å²) < 4.78 is 28.0. The third-order valence-corrected chi connectivity index (χ3v) is 6.93. The first kappa shape index (κ1) is 25.7. The van der Waals surface area contributed by atoms with E-state index in [0.29, 0.717) is 17.0 Å². The zero-order chi connectivity index (χ0) is 27.2. The monoisotopic (exact) mass is 506 g/mol. The average molecular weight is 507 g/mol. The Hall–Kier alpha value is -3.92. The lowest BCUT2D eigenvalue weighted by atomic mass is 9.79. The zero-order valence-corrected chi connectivity index (χ0v) is 22.7. The molecule has 0 saturated heterocycles. The van der Waals surface area contributed by atoms with Gasteiger partial charge in [0.1, 0.15) is 0 Å². The van der Waals surface area contributed by atoms with Crippen LogP contribution in [-0.2, 0) is 10.8 Å². The van der Waals surface area contributed by atoms with Crippen molar-refractivity contribution >= 4 is 10.8 Å². The lowest BCUT2D eigenvalue weighted by molar-refractivity contribution is 0.509. The van der Waals surface area contributed by atoms with Crippen LogP contribution in [0.25, 0.3) is 44.5 Å². The van der Waals surface area contributed by atoms with Crippen molar-refractivity contribution in [2.24, 2.45) is 0 Å². The maximum atomic E-state index is 14.2. The Kier molecular flexibility index (Phi) is 6.38. The number of nitrogens with zero attached hydrogens (tertiary/aromatic N) is 2. The van der Waals surface area contributed by atoms with Crippen molar-refractivity contribution < 1.29 is 8.78 Å². The lowest BCUT2D eigenvalue weighted by Gasteiger charge is -2.26. The van der Waals surface area contributed by atoms with Gasteiger partial charge >= 0.3 is 0 Å². The minimum atomic E-state index is -0.898. The first-order chi connectivity index (χ1) is 17.9. The molecule has 0 N–H and O–H groups in total. The molecular formula is C34H32F2N2. The Balaban J connectivity index is 1.77. The minimum absolute atomic E-state index is 0.0469. The van der Waals surface area contributed by atoms with Crippen LogP contribution in [0.2, 0.25) is 0 Å². The molecule has 0 saturated carbocycles. The number of halogens is 2. The summed E-state index contributed by atoms with van der Waals surface area (Å²) in [6.07, 6.45) is 1.84. The van der Waals surface area contributed by atoms with Crippen molar-refractivity contribution in [2.75, 3.05) is 0 Å². The highest BCUT2D eigenvalue weighted by Gasteiger charge is 2.22. The lowest BCUT2D eigenvalue weighted by Crippen LogP contribution is -2.16. The second kappa shape index (κ2) is 9.43. The van der Waals surface area contributed by atoms with E-state index in [9.17, 15) is 8.78 Å². The SMILES string of the molecule is CC(C)(C)c1cc(-c2cc(-c3ccc(F)c(F)c3)nc(-c3cc4ccccc4cn3)c2)cc(C(C)(C)C)c1. The van der Waals surface area contributed by atoms with Gasteiger partial charge in [-0.1, -0.05) is 84.0 Å². The van der Waals surface area contributed by atoms with Crippen LogP contribution in [0.3, 0.4) is 0 Å². The molecule has 38 heavy (non-hydrogen) atoms. The van der Waals surface area contributed by atoms with Crippen molar-refractivity contribution in [1.82, 2.24) is 9.97 Å². The fourth-order valence-corrected chi connectivity index (χ4v) is 4.52. The molecule has 192 valence electrons. The number of rotatable bonds is 3. The molecule has 0 aliphatic carbocycles. The van der Waals surface area contributed by atoms with Crippen LogP contribution in [0, 0.1) is 11.6 Å². The molecule has 2 aromatic heterocycles. The number of pyridine rings is 2. The van der Waals surface area contributed by atoms with E-state index in [1.807, 2.05) is 48.7 Å². The van der Waals surface area contributed by atoms with Gasteiger partial charge in [0.05, 0.1) is 17.1 Å². The summed E-state index contributed by atoms with van der Waals surface area (Å²) in [6.45, 7) is 13.3. The Morgan fingerprint density at radius 3 is 1.76 bits per heavy atom. The third kappa shape index (κ3) is 5.22. The van der Waals surface area contributed by atoms with Crippen LogP contribution >= 0.6 is 0 Å². The predicted octanol–water partition coefficient (Wildman–Crippen LogP) is 9.50. The normalized spacial score (nSPS) is 12.2. The Labute approximate surface area is 223 Å². The molecule has 0 radical (unpaired) electrons. The van der Waals surface area contributed by atoms with E-state index in [-0.39, 0.29) is 10.8 Å². The molecule has 0 spiro atoms. The molecule has 0 aliphatic rings. The summed E-state index contributed by atoms with van der Waals surface area (Å²) in [5.41, 5.74) is 6.83. The molecule has 2 heterocycles. The molecule has 4 heteroatoms. The van der Waals surface area contributed by atoms with Gasteiger partial charge in [0, 0.05) is 17.1 Å². The van der Waals surface area contributed by atoms with Crippen molar-refractivity contribution in [3.8, 4) is 33.8 Å². The molecule has 2 nitrogen and oxygen atoms in total. The largest absolute Gasteiger partial charge is 0.254 e. The van der Waals surface area contributed by atoms with Crippen molar-refractivity contribution in [1.29, 1.82) is 0 Å². The summed E-state index contributed by atoms with van der Waals surface area (Å²) in [6, 6.07) is 24.7. The van der Waals surface area contributed by atoms with Gasteiger partial charge in [-0.3, -0.25) is 4.98 Å². The van der Waals surface area contributed by atoms with Crippen LogP contribution in [0.4, 0.5) is 8.78 Å². The topological polar surface area (TPSA) is 25.8 Å². The van der Waals surface area contributed by atoms with E-state index < -0.39 is 11.6 Å². The summed E-state index contributed by atoms with van der Waals surface area (Å²) in [7, 11) is 0. The van der Waals surface area contributed by atoms with Crippen molar-refractivity contribution in [2.45, 2.75) is 52.4 Å². The zero-order valence-electron chi connectivity index (χ0n) is 22.7. The Morgan fingerprint density at radius 2 is 1.13 bits per heavy atom. The van der Waals surface area contributed by atoms with Crippen LogP contribution in [-0.4, -0.2) is 9.97 Å². The number of benzene rings is 3. The molecule has 0 aliphatic heterocycles. The van der Waals surface area contributed by atoms with E-state index in [1.165, 1.54) is 17.2 Å². The van der Waals surface area contributed by atoms with E-state index in [1.54, 1.807) is 6.07 Å². The Morgan fingerprint density at radius 1 is 0.526 bits per heavy atom. The number of fused-ring (bicyclic) bond motifs is 1. The smallest absolute Gasteiger partial charge is 0.159 e. The first-order valence-electron chi connectivity index (χ1n) is 12.9. The van der Waals surface area contributed by atoms with Crippen molar-refractivity contribution in [3.05, 3.63) is 108 Å². The van der Waals surface area contributed by atoms with Gasteiger partial charge in [0.15, 0.2) is 11.6 Å². The van der Waals surface area contributed by atoms with Crippen LogP contribution in [0.5, 0.6) is 0 Å². The summed E-state index contributed by atoms with van der Waals surface area (Å²) in [4.78, 5) is 9.56. The number of aromatic nitrogens is 2. The minimum Gasteiger partial charge on any atom is -0.254 e. The van der Waals surface area contributed by atoms with Gasteiger partial charge in [-0.25, -0.2) is 13.8 Å². The summed E-state index contributed by atoms with van der Waals surface area (Å²) >= 11 is 0. The second-order valence-electron chi connectivity index (χ2n) is 12.0. The molecule has 5 rings (SSSR count). The molecule has 0 amide bonds. The molecule has 0 unspecified atom stereocenters. The molecule has 5 aromatic rings. The van der Waals surface area contributed by atoms with E-state index >= 15 is 0 Å². The molecular weight excluding hydrogens is 474 g/mol. The number of hydrogen-bond donors (Lipinski definition) is 0. The second-order valence-corrected chi connectivity index (χ2v) is 12.0.